The molecule has 0 saturated carbocycles. The molecule has 0 aliphatic heterocycles. The first-order chi connectivity index (χ1) is 15.0. The van der Waals surface area contributed by atoms with Crippen LogP contribution in [-0.4, -0.2) is 33.2 Å². The molecule has 7 nitrogen and oxygen atoms in total. The van der Waals surface area contributed by atoms with Gasteiger partial charge in [-0.05, 0) is 24.3 Å². The molecule has 0 aliphatic carbocycles. The summed E-state index contributed by atoms with van der Waals surface area (Å²) < 4.78 is 21.2. The molecule has 0 saturated heterocycles. The van der Waals surface area contributed by atoms with Crippen LogP contribution in [0.3, 0.4) is 0 Å². The number of methoxy groups -OCH3 is 3. The van der Waals surface area contributed by atoms with Crippen LogP contribution < -0.4 is 19.5 Å². The lowest BCUT2D eigenvalue weighted by Crippen LogP contribution is -2.26. The predicted molar refractivity (Wildman–Crippen MR) is 116 cm³/mol. The maximum atomic E-state index is 13.0. The number of ether oxygens (including phenoxy) is 4. The Hall–Kier alpha value is -4.00. The van der Waals surface area contributed by atoms with Crippen LogP contribution in [-0.2, 0) is 9.53 Å². The van der Waals surface area contributed by atoms with Crippen molar-refractivity contribution in [3.05, 3.63) is 83.9 Å². The van der Waals surface area contributed by atoms with Gasteiger partial charge >= 0.3 is 5.97 Å². The number of anilines is 1. The molecule has 3 aromatic rings. The topological polar surface area (TPSA) is 83.1 Å². The molecule has 0 unspecified atom stereocenters. The van der Waals surface area contributed by atoms with E-state index in [0.29, 0.717) is 28.5 Å². The molecular formula is C24H23NO6. The van der Waals surface area contributed by atoms with E-state index in [9.17, 15) is 9.59 Å². The number of rotatable bonds is 8. The molecule has 0 radical (unpaired) electrons. The minimum Gasteiger partial charge on any atom is -0.497 e. The summed E-state index contributed by atoms with van der Waals surface area (Å²) in [6.45, 7) is 0. The third-order valence-corrected chi connectivity index (χ3v) is 4.49. The van der Waals surface area contributed by atoms with Crippen molar-refractivity contribution in [1.82, 2.24) is 0 Å². The molecule has 0 aliphatic rings. The molecule has 3 aromatic carbocycles. The van der Waals surface area contributed by atoms with Gasteiger partial charge in [0, 0.05) is 23.4 Å². The predicted octanol–water partition coefficient (Wildman–Crippen LogP) is 4.25. The van der Waals surface area contributed by atoms with E-state index in [0.717, 1.165) is 0 Å². The van der Waals surface area contributed by atoms with Gasteiger partial charge in [0.2, 0.25) is 6.10 Å². The van der Waals surface area contributed by atoms with Crippen LogP contribution in [0.25, 0.3) is 0 Å². The number of hydrogen-bond acceptors (Lipinski definition) is 6. The first-order valence-corrected chi connectivity index (χ1v) is 9.48. The number of carbonyl (C=O) groups is 2. The normalized spacial score (nSPS) is 11.2. The van der Waals surface area contributed by atoms with Crippen LogP contribution in [0.15, 0.2) is 72.8 Å². The van der Waals surface area contributed by atoms with Crippen molar-refractivity contribution in [3.8, 4) is 17.2 Å². The number of hydrogen-bond donors (Lipinski definition) is 1. The molecular weight excluding hydrogens is 398 g/mol. The fraction of sp³-hybridized carbons (Fsp3) is 0.167. The van der Waals surface area contributed by atoms with Crippen LogP contribution >= 0.6 is 0 Å². The SMILES string of the molecule is COc1cccc(NC(=O)[C@H](OC(=O)c2cc(OC)cc(OC)c2)c2ccccc2)c1. The smallest absolute Gasteiger partial charge is 0.339 e. The summed E-state index contributed by atoms with van der Waals surface area (Å²) >= 11 is 0. The summed E-state index contributed by atoms with van der Waals surface area (Å²) in [7, 11) is 4.51. The molecule has 31 heavy (non-hydrogen) atoms. The van der Waals surface area contributed by atoms with E-state index in [4.69, 9.17) is 18.9 Å². The molecule has 1 atom stereocenters. The molecule has 160 valence electrons. The third kappa shape index (κ3) is 5.54. The van der Waals surface area contributed by atoms with Crippen LogP contribution in [0.2, 0.25) is 0 Å². The van der Waals surface area contributed by atoms with Gasteiger partial charge in [-0.25, -0.2) is 4.79 Å². The molecule has 0 bridgehead atoms. The van der Waals surface area contributed by atoms with Gasteiger partial charge in [-0.1, -0.05) is 36.4 Å². The molecule has 1 amide bonds. The Kier molecular flexibility index (Phi) is 7.11. The number of carbonyl (C=O) groups excluding carboxylic acids is 2. The second-order valence-corrected chi connectivity index (χ2v) is 6.52. The van der Waals surface area contributed by atoms with Gasteiger partial charge < -0.3 is 24.3 Å². The van der Waals surface area contributed by atoms with E-state index in [2.05, 4.69) is 5.32 Å². The number of amides is 1. The lowest BCUT2D eigenvalue weighted by atomic mass is 10.1. The van der Waals surface area contributed by atoms with Crippen molar-refractivity contribution in [2.45, 2.75) is 6.10 Å². The van der Waals surface area contributed by atoms with Gasteiger partial charge in [-0.2, -0.15) is 0 Å². The zero-order valence-electron chi connectivity index (χ0n) is 17.5. The zero-order valence-corrected chi connectivity index (χ0v) is 17.5. The minimum atomic E-state index is -1.17. The average molecular weight is 421 g/mol. The standard InChI is InChI=1S/C24H23NO6/c1-28-19-11-7-10-18(14-19)25-23(26)22(16-8-5-4-6-9-16)31-24(27)17-12-20(29-2)15-21(13-17)30-3/h4-15,22H,1-3H3,(H,25,26)/t22-/m1/s1. The van der Waals surface area contributed by atoms with Crippen molar-refractivity contribution >= 4 is 17.6 Å². The fourth-order valence-electron chi connectivity index (χ4n) is 2.91. The fourth-order valence-corrected chi connectivity index (χ4v) is 2.91. The van der Waals surface area contributed by atoms with Crippen LogP contribution in [0.1, 0.15) is 22.0 Å². The summed E-state index contributed by atoms with van der Waals surface area (Å²) in [5.41, 5.74) is 1.25. The Balaban J connectivity index is 1.87. The first kappa shape index (κ1) is 21.7. The summed E-state index contributed by atoms with van der Waals surface area (Å²) in [5, 5.41) is 2.77. The summed E-state index contributed by atoms with van der Waals surface area (Å²) in [4.78, 5) is 25.9. The summed E-state index contributed by atoms with van der Waals surface area (Å²) in [6.07, 6.45) is -1.17. The Morgan fingerprint density at radius 2 is 1.39 bits per heavy atom. The van der Waals surface area contributed by atoms with E-state index in [-0.39, 0.29) is 5.56 Å². The second kappa shape index (κ2) is 10.2. The highest BCUT2D eigenvalue weighted by molar-refractivity contribution is 5.98. The van der Waals surface area contributed by atoms with Crippen molar-refractivity contribution in [3.63, 3.8) is 0 Å². The zero-order chi connectivity index (χ0) is 22.2. The number of benzene rings is 3. The lowest BCUT2D eigenvalue weighted by molar-refractivity contribution is -0.125. The highest BCUT2D eigenvalue weighted by atomic mass is 16.5. The van der Waals surface area contributed by atoms with Crippen molar-refractivity contribution < 1.29 is 28.5 Å². The van der Waals surface area contributed by atoms with E-state index < -0.39 is 18.0 Å². The Morgan fingerprint density at radius 1 is 0.742 bits per heavy atom. The van der Waals surface area contributed by atoms with Crippen LogP contribution in [0.4, 0.5) is 5.69 Å². The Labute approximate surface area is 180 Å². The maximum absolute atomic E-state index is 13.0. The van der Waals surface area contributed by atoms with Gasteiger partial charge in [0.05, 0.1) is 26.9 Å². The van der Waals surface area contributed by atoms with E-state index in [1.807, 2.05) is 6.07 Å². The lowest BCUT2D eigenvalue weighted by Gasteiger charge is -2.19. The Bertz CT molecular complexity index is 1030. The van der Waals surface area contributed by atoms with Crippen molar-refractivity contribution in [2.24, 2.45) is 0 Å². The highest BCUT2D eigenvalue weighted by Gasteiger charge is 2.26. The molecule has 7 heteroatoms. The van der Waals surface area contributed by atoms with E-state index in [1.165, 1.54) is 33.5 Å². The third-order valence-electron chi connectivity index (χ3n) is 4.49. The van der Waals surface area contributed by atoms with Gasteiger partial charge in [0.1, 0.15) is 17.2 Å². The molecule has 0 aromatic heterocycles. The van der Waals surface area contributed by atoms with Crippen molar-refractivity contribution in [1.29, 1.82) is 0 Å². The molecule has 0 fully saturated rings. The van der Waals surface area contributed by atoms with Crippen molar-refractivity contribution in [2.75, 3.05) is 26.6 Å². The first-order valence-electron chi connectivity index (χ1n) is 9.48. The monoisotopic (exact) mass is 421 g/mol. The molecule has 0 heterocycles. The van der Waals surface area contributed by atoms with E-state index >= 15 is 0 Å². The molecule has 1 N–H and O–H groups in total. The largest absolute Gasteiger partial charge is 0.497 e. The number of nitrogens with one attached hydrogen (secondary N) is 1. The highest BCUT2D eigenvalue weighted by Crippen LogP contribution is 2.27. The van der Waals surface area contributed by atoms with Crippen LogP contribution in [0, 0.1) is 0 Å². The minimum absolute atomic E-state index is 0.200. The van der Waals surface area contributed by atoms with Gasteiger partial charge in [0.15, 0.2) is 0 Å². The summed E-state index contributed by atoms with van der Waals surface area (Å²) in [5.74, 6) is 0.274. The molecule has 3 rings (SSSR count). The van der Waals surface area contributed by atoms with Gasteiger partial charge in [0.25, 0.3) is 5.91 Å². The maximum Gasteiger partial charge on any atom is 0.339 e. The summed E-state index contributed by atoms with van der Waals surface area (Å²) in [6, 6.07) is 20.4. The average Bonchev–Trinajstić information content (AvgIpc) is 2.82. The van der Waals surface area contributed by atoms with Gasteiger partial charge in [-0.3, -0.25) is 4.79 Å². The van der Waals surface area contributed by atoms with Crippen LogP contribution in [0.5, 0.6) is 17.2 Å². The number of esters is 1. The van der Waals surface area contributed by atoms with E-state index in [1.54, 1.807) is 54.6 Å². The second-order valence-electron chi connectivity index (χ2n) is 6.52. The Morgan fingerprint density at radius 3 is 2.00 bits per heavy atom. The quantitative estimate of drug-likeness (QED) is 0.548. The molecule has 0 spiro atoms. The van der Waals surface area contributed by atoms with Gasteiger partial charge in [-0.15, -0.1) is 0 Å².